The van der Waals surface area contributed by atoms with Gasteiger partial charge in [-0.3, -0.25) is 4.79 Å². The van der Waals surface area contributed by atoms with Crippen LogP contribution in [0.1, 0.15) is 17.3 Å². The summed E-state index contributed by atoms with van der Waals surface area (Å²) in [6.45, 7) is 3.54. The average molecular weight is 266 g/mol. The van der Waals surface area contributed by atoms with Gasteiger partial charge in [0.2, 0.25) is 11.8 Å². The summed E-state index contributed by atoms with van der Waals surface area (Å²) in [6.07, 6.45) is 0.0484. The molecule has 0 aliphatic carbocycles. The van der Waals surface area contributed by atoms with Gasteiger partial charge in [-0.1, -0.05) is 22.8 Å². The Hall–Kier alpha value is -1.88. The molecule has 0 aliphatic heterocycles. The number of benzene rings is 1. The second-order valence-electron chi connectivity index (χ2n) is 3.87. The van der Waals surface area contributed by atoms with Gasteiger partial charge in [-0.2, -0.15) is 4.98 Å². The number of aryl methyl sites for hydroxylation is 1. The number of aromatic nitrogens is 2. The predicted octanol–water partition coefficient (Wildman–Crippen LogP) is 2.52. The van der Waals surface area contributed by atoms with Gasteiger partial charge in [0.15, 0.2) is 5.82 Å². The van der Waals surface area contributed by atoms with Crippen LogP contribution in [0.4, 0.5) is 5.69 Å². The van der Waals surface area contributed by atoms with Crippen molar-refractivity contribution in [1.82, 2.24) is 10.1 Å². The molecule has 0 saturated carbocycles. The van der Waals surface area contributed by atoms with E-state index in [0.717, 1.165) is 5.56 Å². The van der Waals surface area contributed by atoms with Crippen LogP contribution in [0, 0.1) is 13.8 Å². The number of hydrogen-bond acceptors (Lipinski definition) is 4. The molecule has 18 heavy (non-hydrogen) atoms. The van der Waals surface area contributed by atoms with Crippen molar-refractivity contribution in [3.05, 3.63) is 40.5 Å². The SMILES string of the molecule is Cc1noc(CC(=O)Nc2cccc(Cl)c2C)n1. The van der Waals surface area contributed by atoms with Gasteiger partial charge in [0.1, 0.15) is 6.42 Å². The Labute approximate surface area is 109 Å². The maximum atomic E-state index is 11.8. The van der Waals surface area contributed by atoms with Gasteiger partial charge in [-0.25, -0.2) is 0 Å². The number of nitrogens with zero attached hydrogens (tertiary/aromatic N) is 2. The van der Waals surface area contributed by atoms with Crippen LogP contribution >= 0.6 is 11.6 Å². The van der Waals surface area contributed by atoms with Crippen molar-refractivity contribution >= 4 is 23.2 Å². The molecule has 0 radical (unpaired) electrons. The highest BCUT2D eigenvalue weighted by atomic mass is 35.5. The van der Waals surface area contributed by atoms with Gasteiger partial charge < -0.3 is 9.84 Å². The number of rotatable bonds is 3. The van der Waals surface area contributed by atoms with E-state index in [-0.39, 0.29) is 12.3 Å². The van der Waals surface area contributed by atoms with E-state index in [9.17, 15) is 4.79 Å². The Balaban J connectivity index is 2.05. The second kappa shape index (κ2) is 5.18. The topological polar surface area (TPSA) is 68.0 Å². The zero-order chi connectivity index (χ0) is 13.1. The summed E-state index contributed by atoms with van der Waals surface area (Å²) in [5.74, 6) is 0.588. The van der Waals surface area contributed by atoms with Crippen molar-refractivity contribution < 1.29 is 9.32 Å². The summed E-state index contributed by atoms with van der Waals surface area (Å²) >= 11 is 5.97. The monoisotopic (exact) mass is 265 g/mol. The van der Waals surface area contributed by atoms with Crippen molar-refractivity contribution in [2.45, 2.75) is 20.3 Å². The summed E-state index contributed by atoms with van der Waals surface area (Å²) in [5, 5.41) is 6.99. The summed E-state index contributed by atoms with van der Waals surface area (Å²) in [4.78, 5) is 15.7. The van der Waals surface area contributed by atoms with E-state index in [1.165, 1.54) is 0 Å². The summed E-state index contributed by atoms with van der Waals surface area (Å²) in [6, 6.07) is 5.34. The number of nitrogens with one attached hydrogen (secondary N) is 1. The lowest BCUT2D eigenvalue weighted by Crippen LogP contribution is -2.15. The lowest BCUT2D eigenvalue weighted by atomic mass is 10.2. The first kappa shape index (κ1) is 12.6. The molecule has 1 heterocycles. The molecule has 1 amide bonds. The van der Waals surface area contributed by atoms with Crippen LogP contribution in [0.2, 0.25) is 5.02 Å². The molecule has 0 unspecified atom stereocenters. The first-order chi connectivity index (χ1) is 8.56. The van der Waals surface area contributed by atoms with E-state index < -0.39 is 0 Å². The van der Waals surface area contributed by atoms with Crippen molar-refractivity contribution in [1.29, 1.82) is 0 Å². The van der Waals surface area contributed by atoms with Crippen LogP contribution in [0.5, 0.6) is 0 Å². The Bertz CT molecular complexity index is 580. The zero-order valence-electron chi connectivity index (χ0n) is 10.0. The van der Waals surface area contributed by atoms with Crippen LogP contribution in [0.25, 0.3) is 0 Å². The van der Waals surface area contributed by atoms with Gasteiger partial charge >= 0.3 is 0 Å². The minimum absolute atomic E-state index is 0.0484. The number of amides is 1. The fraction of sp³-hybridized carbons (Fsp3) is 0.250. The van der Waals surface area contributed by atoms with Crippen molar-refractivity contribution in [3.63, 3.8) is 0 Å². The molecule has 0 fully saturated rings. The predicted molar refractivity (Wildman–Crippen MR) is 67.6 cm³/mol. The third kappa shape index (κ3) is 2.87. The molecule has 0 spiro atoms. The minimum Gasteiger partial charge on any atom is -0.339 e. The fourth-order valence-corrected chi connectivity index (χ4v) is 1.66. The second-order valence-corrected chi connectivity index (χ2v) is 4.28. The Kier molecular flexibility index (Phi) is 3.62. The molecule has 0 atom stereocenters. The van der Waals surface area contributed by atoms with E-state index >= 15 is 0 Å². The van der Waals surface area contributed by atoms with Crippen LogP contribution < -0.4 is 5.32 Å². The normalized spacial score (nSPS) is 10.4. The standard InChI is InChI=1S/C12H12ClN3O2/c1-7-9(13)4-3-5-10(7)15-11(17)6-12-14-8(2)16-18-12/h3-5H,6H2,1-2H3,(H,15,17). The molecule has 1 aromatic heterocycles. The number of hydrogen-bond donors (Lipinski definition) is 1. The molecule has 5 nitrogen and oxygen atoms in total. The van der Waals surface area contributed by atoms with Gasteiger partial charge in [-0.05, 0) is 31.5 Å². The molecular formula is C12H12ClN3O2. The molecule has 2 aromatic rings. The molecule has 94 valence electrons. The molecule has 0 saturated heterocycles. The van der Waals surface area contributed by atoms with Gasteiger partial charge in [0.05, 0.1) is 0 Å². The quantitative estimate of drug-likeness (QED) is 0.926. The van der Waals surface area contributed by atoms with Gasteiger partial charge in [-0.15, -0.1) is 0 Å². The van der Waals surface area contributed by atoms with Crippen LogP contribution in [-0.4, -0.2) is 16.0 Å². The Morgan fingerprint density at radius 2 is 2.22 bits per heavy atom. The lowest BCUT2D eigenvalue weighted by Gasteiger charge is -2.08. The molecule has 0 bridgehead atoms. The van der Waals surface area contributed by atoms with Crippen molar-refractivity contribution in [2.75, 3.05) is 5.32 Å². The Morgan fingerprint density at radius 3 is 2.89 bits per heavy atom. The fourth-order valence-electron chi connectivity index (χ4n) is 1.49. The van der Waals surface area contributed by atoms with Crippen LogP contribution in [0.3, 0.4) is 0 Å². The third-order valence-corrected chi connectivity index (χ3v) is 2.83. The largest absolute Gasteiger partial charge is 0.339 e. The maximum Gasteiger partial charge on any atom is 0.236 e. The Morgan fingerprint density at radius 1 is 1.44 bits per heavy atom. The first-order valence-electron chi connectivity index (χ1n) is 5.40. The van der Waals surface area contributed by atoms with Crippen molar-refractivity contribution in [2.24, 2.45) is 0 Å². The number of anilines is 1. The van der Waals surface area contributed by atoms with E-state index in [1.54, 1.807) is 25.1 Å². The van der Waals surface area contributed by atoms with E-state index in [0.29, 0.717) is 22.4 Å². The zero-order valence-corrected chi connectivity index (χ0v) is 10.8. The smallest absolute Gasteiger partial charge is 0.236 e. The van der Waals surface area contributed by atoms with E-state index in [4.69, 9.17) is 16.1 Å². The minimum atomic E-state index is -0.219. The first-order valence-corrected chi connectivity index (χ1v) is 5.78. The summed E-state index contributed by atoms with van der Waals surface area (Å²) in [5.41, 5.74) is 1.51. The van der Waals surface area contributed by atoms with E-state index in [2.05, 4.69) is 15.5 Å². The molecule has 0 aliphatic rings. The number of carbonyl (C=O) groups excluding carboxylic acids is 1. The average Bonchev–Trinajstić information content (AvgIpc) is 2.70. The lowest BCUT2D eigenvalue weighted by molar-refractivity contribution is -0.115. The highest BCUT2D eigenvalue weighted by Gasteiger charge is 2.11. The maximum absolute atomic E-state index is 11.8. The summed E-state index contributed by atoms with van der Waals surface area (Å²) < 4.78 is 4.88. The molecule has 6 heteroatoms. The molecule has 1 N–H and O–H groups in total. The molecule has 1 aromatic carbocycles. The van der Waals surface area contributed by atoms with Crippen LogP contribution in [0.15, 0.2) is 22.7 Å². The van der Waals surface area contributed by atoms with E-state index in [1.807, 2.05) is 6.92 Å². The highest BCUT2D eigenvalue weighted by molar-refractivity contribution is 6.31. The van der Waals surface area contributed by atoms with Gasteiger partial charge in [0.25, 0.3) is 0 Å². The third-order valence-electron chi connectivity index (χ3n) is 2.42. The van der Waals surface area contributed by atoms with Crippen LogP contribution in [-0.2, 0) is 11.2 Å². The van der Waals surface area contributed by atoms with Gasteiger partial charge in [0, 0.05) is 10.7 Å². The van der Waals surface area contributed by atoms with Crippen molar-refractivity contribution in [3.8, 4) is 0 Å². The molecule has 2 rings (SSSR count). The summed E-state index contributed by atoms with van der Waals surface area (Å²) in [7, 11) is 0. The highest BCUT2D eigenvalue weighted by Crippen LogP contribution is 2.22. The number of carbonyl (C=O) groups is 1. The number of halogens is 1. The molecular weight excluding hydrogens is 254 g/mol.